The molecule has 0 saturated heterocycles. The van der Waals surface area contributed by atoms with Gasteiger partial charge in [-0.3, -0.25) is 14.9 Å². The Kier molecular flexibility index (Phi) is 5.77. The second kappa shape index (κ2) is 8.41. The van der Waals surface area contributed by atoms with Crippen molar-refractivity contribution < 1.29 is 9.72 Å². The molecule has 0 atom stereocenters. The van der Waals surface area contributed by atoms with Crippen LogP contribution in [-0.4, -0.2) is 26.6 Å². The average molecular weight is 380 g/mol. The first-order valence-electron chi connectivity index (χ1n) is 8.10. The lowest BCUT2D eigenvalue weighted by Crippen LogP contribution is -2.15. The van der Waals surface area contributed by atoms with Crippen molar-refractivity contribution in [2.24, 2.45) is 0 Å². The number of para-hydroxylation sites is 2. The van der Waals surface area contributed by atoms with Crippen molar-refractivity contribution in [3.05, 3.63) is 76.5 Å². The Bertz CT molecular complexity index is 980. The fraction of sp³-hybridized carbons (Fsp3) is 0.105. The minimum atomic E-state index is -0.529. The SMILES string of the molecule is Cc1cc(-c2ccccc2)nc(SCC(=O)Nc2ccccc2[N+](=O)[O-])n1. The van der Waals surface area contributed by atoms with Crippen LogP contribution in [0.1, 0.15) is 5.69 Å². The molecular weight excluding hydrogens is 364 g/mol. The van der Waals surface area contributed by atoms with E-state index in [2.05, 4.69) is 15.3 Å². The van der Waals surface area contributed by atoms with Crippen LogP contribution >= 0.6 is 11.8 Å². The van der Waals surface area contributed by atoms with Gasteiger partial charge in [0.1, 0.15) is 5.69 Å². The lowest BCUT2D eigenvalue weighted by Gasteiger charge is -2.07. The number of amides is 1. The monoisotopic (exact) mass is 380 g/mol. The van der Waals surface area contributed by atoms with E-state index in [1.54, 1.807) is 12.1 Å². The maximum Gasteiger partial charge on any atom is 0.292 e. The molecule has 0 unspecified atom stereocenters. The van der Waals surface area contributed by atoms with Crippen molar-refractivity contribution in [2.75, 3.05) is 11.1 Å². The Labute approximate surface area is 160 Å². The molecule has 1 amide bonds. The number of hydrogen-bond acceptors (Lipinski definition) is 6. The highest BCUT2D eigenvalue weighted by atomic mass is 32.2. The number of nitrogens with one attached hydrogen (secondary N) is 1. The number of thioether (sulfide) groups is 1. The van der Waals surface area contributed by atoms with Crippen molar-refractivity contribution in [2.45, 2.75) is 12.1 Å². The molecular formula is C19H16N4O3S. The number of nitro groups is 1. The Balaban J connectivity index is 1.69. The maximum absolute atomic E-state index is 12.2. The molecule has 27 heavy (non-hydrogen) atoms. The first kappa shape index (κ1) is 18.5. The van der Waals surface area contributed by atoms with Gasteiger partial charge in [-0.2, -0.15) is 0 Å². The van der Waals surface area contributed by atoms with E-state index in [1.165, 1.54) is 23.9 Å². The van der Waals surface area contributed by atoms with E-state index in [1.807, 2.05) is 43.3 Å². The summed E-state index contributed by atoms with van der Waals surface area (Å²) >= 11 is 1.18. The van der Waals surface area contributed by atoms with Gasteiger partial charge in [0.25, 0.3) is 5.69 Å². The van der Waals surface area contributed by atoms with Gasteiger partial charge >= 0.3 is 0 Å². The number of aryl methyl sites for hydroxylation is 1. The largest absolute Gasteiger partial charge is 0.320 e. The fourth-order valence-electron chi connectivity index (χ4n) is 2.42. The smallest absolute Gasteiger partial charge is 0.292 e. The van der Waals surface area contributed by atoms with Gasteiger partial charge in [0.2, 0.25) is 5.91 Å². The summed E-state index contributed by atoms with van der Waals surface area (Å²) in [6, 6.07) is 17.6. The first-order valence-corrected chi connectivity index (χ1v) is 9.08. The van der Waals surface area contributed by atoms with Crippen LogP contribution in [0.15, 0.2) is 65.8 Å². The number of carbonyl (C=O) groups is 1. The number of nitrogens with zero attached hydrogens (tertiary/aromatic N) is 3. The second-order valence-corrected chi connectivity index (χ2v) is 6.60. The molecule has 8 heteroatoms. The number of carbonyl (C=O) groups excluding carboxylic acids is 1. The molecule has 1 N–H and O–H groups in total. The molecule has 3 rings (SSSR count). The average Bonchev–Trinajstić information content (AvgIpc) is 2.67. The van der Waals surface area contributed by atoms with Crippen LogP contribution in [0.5, 0.6) is 0 Å². The zero-order valence-electron chi connectivity index (χ0n) is 14.5. The van der Waals surface area contributed by atoms with Crippen LogP contribution in [-0.2, 0) is 4.79 Å². The number of aromatic nitrogens is 2. The maximum atomic E-state index is 12.2. The molecule has 7 nitrogen and oxygen atoms in total. The van der Waals surface area contributed by atoms with Crippen molar-refractivity contribution in [1.29, 1.82) is 0 Å². The summed E-state index contributed by atoms with van der Waals surface area (Å²) in [7, 11) is 0. The summed E-state index contributed by atoms with van der Waals surface area (Å²) in [5.74, 6) is -0.315. The molecule has 0 bridgehead atoms. The van der Waals surface area contributed by atoms with Crippen molar-refractivity contribution in [3.8, 4) is 11.3 Å². The Morgan fingerprint density at radius 1 is 1.11 bits per heavy atom. The van der Waals surface area contributed by atoms with Gasteiger partial charge in [-0.05, 0) is 19.1 Å². The van der Waals surface area contributed by atoms with E-state index in [4.69, 9.17) is 0 Å². The fourth-order valence-corrected chi connectivity index (χ4v) is 3.12. The number of nitro benzene ring substituents is 1. The Hall–Kier alpha value is -3.26. The molecule has 0 fully saturated rings. The first-order chi connectivity index (χ1) is 13.0. The topological polar surface area (TPSA) is 98.0 Å². The van der Waals surface area contributed by atoms with Gasteiger partial charge in [0.05, 0.1) is 16.4 Å². The van der Waals surface area contributed by atoms with Gasteiger partial charge in [-0.15, -0.1) is 0 Å². The van der Waals surface area contributed by atoms with Gasteiger partial charge in [0.15, 0.2) is 5.16 Å². The number of hydrogen-bond donors (Lipinski definition) is 1. The molecule has 2 aromatic carbocycles. The molecule has 136 valence electrons. The summed E-state index contributed by atoms with van der Waals surface area (Å²) in [6.45, 7) is 1.87. The zero-order valence-corrected chi connectivity index (χ0v) is 15.3. The molecule has 0 aliphatic heterocycles. The molecule has 1 aromatic heterocycles. The molecule has 0 saturated carbocycles. The minimum absolute atomic E-state index is 0.0454. The highest BCUT2D eigenvalue weighted by Crippen LogP contribution is 2.25. The summed E-state index contributed by atoms with van der Waals surface area (Å²) in [6.07, 6.45) is 0. The van der Waals surface area contributed by atoms with Crippen LogP contribution in [0.3, 0.4) is 0 Å². The van der Waals surface area contributed by atoms with Gasteiger partial charge in [-0.25, -0.2) is 9.97 Å². The van der Waals surface area contributed by atoms with Crippen molar-refractivity contribution >= 4 is 29.0 Å². The predicted octanol–water partition coefficient (Wildman–Crippen LogP) is 4.09. The minimum Gasteiger partial charge on any atom is -0.320 e. The summed E-state index contributed by atoms with van der Waals surface area (Å²) in [5, 5.41) is 14.1. The third-order valence-electron chi connectivity index (χ3n) is 3.61. The van der Waals surface area contributed by atoms with Crippen LogP contribution in [0.25, 0.3) is 11.3 Å². The standard InChI is InChI=1S/C19H16N4O3S/c1-13-11-16(14-7-3-2-4-8-14)22-19(20-13)27-12-18(24)21-15-9-5-6-10-17(15)23(25)26/h2-11H,12H2,1H3,(H,21,24). The molecule has 3 aromatic rings. The van der Waals surface area contributed by atoms with E-state index in [0.717, 1.165) is 17.0 Å². The van der Waals surface area contributed by atoms with Crippen molar-refractivity contribution in [1.82, 2.24) is 9.97 Å². The third kappa shape index (κ3) is 4.89. The third-order valence-corrected chi connectivity index (χ3v) is 4.46. The molecule has 0 radical (unpaired) electrons. The van der Waals surface area contributed by atoms with E-state index in [0.29, 0.717) is 5.16 Å². The molecule has 0 aliphatic rings. The van der Waals surface area contributed by atoms with Crippen LogP contribution in [0, 0.1) is 17.0 Å². The highest BCUT2D eigenvalue weighted by molar-refractivity contribution is 7.99. The van der Waals surface area contributed by atoms with Crippen molar-refractivity contribution in [3.63, 3.8) is 0 Å². The highest BCUT2D eigenvalue weighted by Gasteiger charge is 2.15. The molecule has 0 spiro atoms. The van der Waals surface area contributed by atoms with Gasteiger partial charge < -0.3 is 5.32 Å². The lowest BCUT2D eigenvalue weighted by atomic mass is 10.1. The molecule has 0 aliphatic carbocycles. The molecule has 1 heterocycles. The van der Waals surface area contributed by atoms with Crippen LogP contribution < -0.4 is 5.32 Å². The zero-order chi connectivity index (χ0) is 19.2. The van der Waals surface area contributed by atoms with E-state index >= 15 is 0 Å². The summed E-state index contributed by atoms with van der Waals surface area (Å²) in [5.41, 5.74) is 2.57. The van der Waals surface area contributed by atoms with Crippen LogP contribution in [0.4, 0.5) is 11.4 Å². The van der Waals surface area contributed by atoms with E-state index < -0.39 is 4.92 Å². The Morgan fingerprint density at radius 2 is 1.81 bits per heavy atom. The second-order valence-electron chi connectivity index (χ2n) is 5.65. The Morgan fingerprint density at radius 3 is 2.56 bits per heavy atom. The van der Waals surface area contributed by atoms with E-state index in [9.17, 15) is 14.9 Å². The normalized spacial score (nSPS) is 10.4. The predicted molar refractivity (Wildman–Crippen MR) is 105 cm³/mol. The lowest BCUT2D eigenvalue weighted by molar-refractivity contribution is -0.383. The quantitative estimate of drug-likeness (QED) is 0.299. The number of benzene rings is 2. The van der Waals surface area contributed by atoms with E-state index in [-0.39, 0.29) is 23.0 Å². The van der Waals surface area contributed by atoms with Crippen LogP contribution in [0.2, 0.25) is 0 Å². The summed E-state index contributed by atoms with van der Waals surface area (Å²) in [4.78, 5) is 31.5. The number of rotatable bonds is 6. The van der Waals surface area contributed by atoms with Gasteiger partial charge in [-0.1, -0.05) is 54.2 Å². The summed E-state index contributed by atoms with van der Waals surface area (Å²) < 4.78 is 0. The van der Waals surface area contributed by atoms with Gasteiger partial charge in [0, 0.05) is 17.3 Å². The number of anilines is 1.